The summed E-state index contributed by atoms with van der Waals surface area (Å²) in [7, 11) is 0. The summed E-state index contributed by atoms with van der Waals surface area (Å²) in [5.41, 5.74) is 3.50. The van der Waals surface area contributed by atoms with E-state index in [1.54, 1.807) is 35.9 Å². The maximum atomic E-state index is 14.3. The van der Waals surface area contributed by atoms with Crippen molar-refractivity contribution < 1.29 is 22.8 Å². The van der Waals surface area contributed by atoms with Gasteiger partial charge in [0.1, 0.15) is 16.9 Å². The Morgan fingerprint density at radius 2 is 2.03 bits per heavy atom. The fourth-order valence-electron chi connectivity index (χ4n) is 4.51. The summed E-state index contributed by atoms with van der Waals surface area (Å²) in [5, 5.41) is 7.27. The van der Waals surface area contributed by atoms with E-state index in [9.17, 15) is 22.8 Å². The first-order valence-electron chi connectivity index (χ1n) is 10.3. The van der Waals surface area contributed by atoms with Gasteiger partial charge in [0.2, 0.25) is 0 Å². The molecule has 0 bridgehead atoms. The van der Waals surface area contributed by atoms with E-state index in [0.29, 0.717) is 22.0 Å². The number of primary amides is 1. The van der Waals surface area contributed by atoms with Crippen LogP contribution in [0.25, 0.3) is 11.3 Å². The molecule has 11 heteroatoms. The molecule has 172 valence electrons. The summed E-state index contributed by atoms with van der Waals surface area (Å²) in [4.78, 5) is 26.4. The lowest BCUT2D eigenvalue weighted by molar-refractivity contribution is -0.107. The van der Waals surface area contributed by atoms with E-state index < -0.39 is 42.4 Å². The Labute approximate surface area is 187 Å². The summed E-state index contributed by atoms with van der Waals surface area (Å²) in [6.45, 7) is 1.96. The minimum Gasteiger partial charge on any atom is -0.365 e. The van der Waals surface area contributed by atoms with Crippen molar-refractivity contribution in [2.24, 2.45) is 5.73 Å². The van der Waals surface area contributed by atoms with Gasteiger partial charge in [-0.25, -0.2) is 18.0 Å². The van der Waals surface area contributed by atoms with Crippen molar-refractivity contribution in [2.75, 3.05) is 6.54 Å². The van der Waals surface area contributed by atoms with Crippen LogP contribution in [-0.2, 0) is 13.1 Å². The molecule has 4 rings (SSSR count). The standard InChI is InChI=1S/C21H23ClF3N5O2/c1-2-20(25)10-21(11-20,18(23)24)27-19(32)29-6-7-30-14(9-29)15(17(26)31)16(28-30)12-4-3-5-13(22)8-12/h3-5,8,18H,2,6-7,9-11H2,1H3,(H2,26,31)(H,27,32). The normalized spacial score (nSPS) is 24.8. The number of hydrogen-bond acceptors (Lipinski definition) is 3. The summed E-state index contributed by atoms with van der Waals surface area (Å²) < 4.78 is 43.3. The Hall–Kier alpha value is -2.75. The van der Waals surface area contributed by atoms with Crippen LogP contribution in [0.3, 0.4) is 0 Å². The average molecular weight is 470 g/mol. The number of rotatable bonds is 5. The SMILES string of the molecule is CCC1(F)CC(NC(=O)N2CCn3nc(-c4cccc(Cl)c4)c(C(N)=O)c3C2)(C(F)F)C1. The molecule has 3 N–H and O–H groups in total. The zero-order valence-electron chi connectivity index (χ0n) is 17.4. The number of urea groups is 1. The van der Waals surface area contributed by atoms with Crippen LogP contribution in [-0.4, -0.2) is 50.8 Å². The predicted octanol–water partition coefficient (Wildman–Crippen LogP) is 3.74. The summed E-state index contributed by atoms with van der Waals surface area (Å²) >= 11 is 6.05. The first kappa shape index (κ1) is 22.4. The molecule has 3 amide bonds. The highest BCUT2D eigenvalue weighted by atomic mass is 35.5. The highest BCUT2D eigenvalue weighted by Gasteiger charge is 2.60. The van der Waals surface area contributed by atoms with Crippen LogP contribution >= 0.6 is 11.6 Å². The minimum absolute atomic E-state index is 0.0501. The largest absolute Gasteiger partial charge is 0.365 e. The molecule has 0 atom stereocenters. The molecule has 32 heavy (non-hydrogen) atoms. The summed E-state index contributed by atoms with van der Waals surface area (Å²) in [6, 6.07) is 6.03. The van der Waals surface area contributed by atoms with E-state index in [1.807, 2.05) is 0 Å². The second-order valence-electron chi connectivity index (χ2n) is 8.43. The van der Waals surface area contributed by atoms with Crippen LogP contribution in [0.2, 0.25) is 5.02 Å². The molecule has 1 aliphatic carbocycles. The second-order valence-corrected chi connectivity index (χ2v) is 8.87. The van der Waals surface area contributed by atoms with Crippen LogP contribution in [0.5, 0.6) is 0 Å². The minimum atomic E-state index is -2.90. The van der Waals surface area contributed by atoms with Crippen molar-refractivity contribution in [1.82, 2.24) is 20.0 Å². The zero-order chi connectivity index (χ0) is 23.3. The molecule has 1 aromatic carbocycles. The number of nitrogens with zero attached hydrogens (tertiary/aromatic N) is 3. The lowest BCUT2D eigenvalue weighted by Gasteiger charge is -2.51. The molecular weight excluding hydrogens is 447 g/mol. The topological polar surface area (TPSA) is 93.2 Å². The van der Waals surface area contributed by atoms with E-state index in [1.165, 1.54) is 4.90 Å². The van der Waals surface area contributed by atoms with Crippen molar-refractivity contribution >= 4 is 23.5 Å². The molecule has 0 unspecified atom stereocenters. The monoisotopic (exact) mass is 469 g/mol. The number of nitrogens with two attached hydrogens (primary N) is 1. The quantitative estimate of drug-likeness (QED) is 0.698. The van der Waals surface area contributed by atoms with Gasteiger partial charge >= 0.3 is 6.03 Å². The molecule has 7 nitrogen and oxygen atoms in total. The number of benzene rings is 1. The lowest BCUT2D eigenvalue weighted by Crippen LogP contribution is -2.69. The Morgan fingerprint density at radius 1 is 1.31 bits per heavy atom. The maximum absolute atomic E-state index is 14.3. The first-order valence-corrected chi connectivity index (χ1v) is 10.6. The highest BCUT2D eigenvalue weighted by Crippen LogP contribution is 2.49. The van der Waals surface area contributed by atoms with E-state index in [4.69, 9.17) is 17.3 Å². The molecule has 1 saturated carbocycles. The molecular formula is C21H23ClF3N5O2. The van der Waals surface area contributed by atoms with Gasteiger partial charge in [0.25, 0.3) is 12.3 Å². The Bertz CT molecular complexity index is 1070. The van der Waals surface area contributed by atoms with Crippen molar-refractivity contribution in [3.05, 3.63) is 40.5 Å². The molecule has 2 aliphatic rings. The second kappa shape index (κ2) is 7.99. The van der Waals surface area contributed by atoms with Gasteiger partial charge in [-0.15, -0.1) is 0 Å². The number of halogens is 4. The fraction of sp³-hybridized carbons (Fsp3) is 0.476. The third-order valence-corrected chi connectivity index (χ3v) is 6.52. The molecule has 1 aromatic heterocycles. The number of alkyl halides is 3. The van der Waals surface area contributed by atoms with Gasteiger partial charge in [-0.05, 0) is 18.6 Å². The van der Waals surface area contributed by atoms with Gasteiger partial charge in [-0.1, -0.05) is 30.7 Å². The first-order chi connectivity index (χ1) is 15.1. The molecule has 2 heterocycles. The molecule has 0 radical (unpaired) electrons. The fourth-order valence-corrected chi connectivity index (χ4v) is 4.70. The number of nitrogens with one attached hydrogen (secondary N) is 1. The van der Waals surface area contributed by atoms with Crippen LogP contribution in [0.4, 0.5) is 18.0 Å². The van der Waals surface area contributed by atoms with Crippen LogP contribution in [0, 0.1) is 0 Å². The smallest absolute Gasteiger partial charge is 0.318 e. The van der Waals surface area contributed by atoms with Gasteiger partial charge in [0.15, 0.2) is 0 Å². The van der Waals surface area contributed by atoms with Crippen molar-refractivity contribution in [3.63, 3.8) is 0 Å². The zero-order valence-corrected chi connectivity index (χ0v) is 18.1. The van der Waals surface area contributed by atoms with E-state index in [-0.39, 0.29) is 31.6 Å². The van der Waals surface area contributed by atoms with Gasteiger partial charge in [-0.3, -0.25) is 9.48 Å². The highest BCUT2D eigenvalue weighted by molar-refractivity contribution is 6.30. The number of carbonyl (C=O) groups excluding carboxylic acids is 2. The third-order valence-electron chi connectivity index (χ3n) is 6.28. The molecule has 1 fully saturated rings. The van der Waals surface area contributed by atoms with E-state index in [0.717, 1.165) is 0 Å². The van der Waals surface area contributed by atoms with E-state index in [2.05, 4.69) is 10.4 Å². The number of hydrogen-bond donors (Lipinski definition) is 2. The Kier molecular flexibility index (Phi) is 5.60. The third kappa shape index (κ3) is 3.80. The lowest BCUT2D eigenvalue weighted by atomic mass is 9.65. The molecule has 0 spiro atoms. The van der Waals surface area contributed by atoms with Crippen molar-refractivity contribution in [3.8, 4) is 11.3 Å². The number of aromatic nitrogens is 2. The average Bonchev–Trinajstić information content (AvgIpc) is 3.11. The van der Waals surface area contributed by atoms with Crippen LogP contribution in [0.15, 0.2) is 24.3 Å². The Balaban J connectivity index is 1.58. The summed E-state index contributed by atoms with van der Waals surface area (Å²) in [6.07, 6.45) is -3.66. The van der Waals surface area contributed by atoms with E-state index >= 15 is 0 Å². The number of amides is 3. The molecule has 0 saturated heterocycles. The van der Waals surface area contributed by atoms with Gasteiger partial charge in [0, 0.05) is 30.0 Å². The summed E-state index contributed by atoms with van der Waals surface area (Å²) in [5.74, 6) is -0.725. The molecule has 1 aliphatic heterocycles. The van der Waals surface area contributed by atoms with Gasteiger partial charge in [0.05, 0.1) is 24.3 Å². The number of fused-ring (bicyclic) bond motifs is 1. The van der Waals surface area contributed by atoms with Gasteiger partial charge in [-0.2, -0.15) is 5.10 Å². The van der Waals surface area contributed by atoms with Crippen LogP contribution < -0.4 is 11.1 Å². The van der Waals surface area contributed by atoms with Crippen molar-refractivity contribution in [1.29, 1.82) is 0 Å². The van der Waals surface area contributed by atoms with Crippen LogP contribution in [0.1, 0.15) is 42.2 Å². The maximum Gasteiger partial charge on any atom is 0.318 e. The Morgan fingerprint density at radius 3 is 2.62 bits per heavy atom. The predicted molar refractivity (Wildman–Crippen MR) is 112 cm³/mol. The number of carbonyl (C=O) groups is 2. The van der Waals surface area contributed by atoms with Crippen molar-refractivity contribution in [2.45, 2.75) is 56.9 Å². The molecule has 2 aromatic rings. The van der Waals surface area contributed by atoms with Gasteiger partial charge < -0.3 is 16.0 Å².